The van der Waals surface area contributed by atoms with E-state index in [0.717, 1.165) is 51.6 Å². The molecule has 0 amide bonds. The summed E-state index contributed by atoms with van der Waals surface area (Å²) in [6, 6.07) is 30.4. The second-order valence-corrected chi connectivity index (χ2v) is 10.9. The monoisotopic (exact) mass is 606 g/mol. The van der Waals surface area contributed by atoms with Crippen LogP contribution < -0.4 is 0 Å². The van der Waals surface area contributed by atoms with Crippen molar-refractivity contribution in [2.24, 2.45) is 0 Å². The smallest absolute Gasteiger partial charge is 0.432 e. The van der Waals surface area contributed by atoms with Crippen molar-refractivity contribution in [1.29, 1.82) is 0 Å². The largest absolute Gasteiger partial charge is 0.450 e. The van der Waals surface area contributed by atoms with Gasteiger partial charge < -0.3 is 14.2 Å². The van der Waals surface area contributed by atoms with Crippen LogP contribution in [0.4, 0.5) is 13.2 Å². The summed E-state index contributed by atoms with van der Waals surface area (Å²) < 4.78 is 61.1. The highest BCUT2D eigenvalue weighted by Crippen LogP contribution is 2.47. The van der Waals surface area contributed by atoms with Crippen molar-refractivity contribution in [3.05, 3.63) is 138 Å². The van der Waals surface area contributed by atoms with Gasteiger partial charge in [0.2, 0.25) is 0 Å². The minimum atomic E-state index is -5.18. The van der Waals surface area contributed by atoms with Gasteiger partial charge in [-0.15, -0.1) is 0 Å². The molecule has 8 heteroatoms. The molecule has 5 nitrogen and oxygen atoms in total. The molecule has 0 radical (unpaired) electrons. The Morgan fingerprint density at radius 2 is 1.36 bits per heavy atom. The molecule has 224 valence electrons. The average Bonchev–Trinajstić information content (AvgIpc) is 3.05. The maximum atomic E-state index is 14.8. The molecular formula is C37H25F3O5. The lowest BCUT2D eigenvalue weighted by Gasteiger charge is -2.36. The average molecular weight is 607 g/mol. The number of fused-ring (bicyclic) bond motifs is 2. The highest BCUT2D eigenvalue weighted by molar-refractivity contribution is 6.24. The van der Waals surface area contributed by atoms with Crippen LogP contribution >= 0.6 is 0 Å². The predicted molar refractivity (Wildman–Crippen MR) is 165 cm³/mol. The van der Waals surface area contributed by atoms with E-state index in [1.54, 1.807) is 48.6 Å². The zero-order valence-electron chi connectivity index (χ0n) is 23.9. The summed E-state index contributed by atoms with van der Waals surface area (Å²) >= 11 is 0. The Morgan fingerprint density at radius 3 is 2.02 bits per heavy atom. The Morgan fingerprint density at radius 1 is 0.711 bits per heavy atom. The van der Waals surface area contributed by atoms with Crippen molar-refractivity contribution >= 4 is 50.3 Å². The van der Waals surface area contributed by atoms with Crippen molar-refractivity contribution in [2.45, 2.75) is 24.0 Å². The number of halogens is 3. The van der Waals surface area contributed by atoms with Crippen LogP contribution in [0.15, 0.2) is 115 Å². The van der Waals surface area contributed by atoms with Crippen LogP contribution in [0.3, 0.4) is 0 Å². The first-order valence-corrected chi connectivity index (χ1v) is 14.3. The van der Waals surface area contributed by atoms with Crippen molar-refractivity contribution < 1.29 is 37.0 Å². The number of hydrogen-bond donors (Lipinski definition) is 0. The van der Waals surface area contributed by atoms with Gasteiger partial charge in [-0.3, -0.25) is 0 Å². The fourth-order valence-electron chi connectivity index (χ4n) is 6.33. The van der Waals surface area contributed by atoms with Crippen molar-refractivity contribution in [3.63, 3.8) is 0 Å². The van der Waals surface area contributed by atoms with Gasteiger partial charge in [-0.1, -0.05) is 97.1 Å². The van der Waals surface area contributed by atoms with Gasteiger partial charge in [-0.2, -0.15) is 13.2 Å². The SMILES string of the molecule is CO[C@](C(=O)O[C@H]1c2cc3ccc4cccc5ccc(c2C=C[C@@H]1OC(=O)c1ccccc1)c3c45)(c1ccccc1)C(F)(F)F. The summed E-state index contributed by atoms with van der Waals surface area (Å²) in [7, 11) is 0.814. The topological polar surface area (TPSA) is 61.8 Å². The molecule has 7 rings (SSSR count). The van der Waals surface area contributed by atoms with Crippen LogP contribution in [0.5, 0.6) is 0 Å². The molecule has 0 spiro atoms. The van der Waals surface area contributed by atoms with Gasteiger partial charge in [0, 0.05) is 18.2 Å². The maximum absolute atomic E-state index is 14.8. The van der Waals surface area contributed by atoms with E-state index in [4.69, 9.17) is 14.2 Å². The van der Waals surface area contributed by atoms with Crippen LogP contribution in [0, 0.1) is 0 Å². The Balaban J connectivity index is 1.39. The number of carbonyl (C=O) groups is 2. The molecule has 0 saturated carbocycles. The highest BCUT2D eigenvalue weighted by Gasteiger charge is 2.64. The van der Waals surface area contributed by atoms with Gasteiger partial charge in [0.1, 0.15) is 0 Å². The Kier molecular flexibility index (Phi) is 6.82. The summed E-state index contributed by atoms with van der Waals surface area (Å²) in [6.07, 6.45) is -4.53. The van der Waals surface area contributed by atoms with Crippen LogP contribution in [-0.2, 0) is 24.6 Å². The van der Waals surface area contributed by atoms with E-state index < -0.39 is 41.5 Å². The Labute approximate surface area is 255 Å². The number of carbonyl (C=O) groups excluding carboxylic acids is 2. The molecule has 0 heterocycles. The quantitative estimate of drug-likeness (QED) is 0.141. The van der Waals surface area contributed by atoms with Gasteiger partial charge in [-0.05, 0) is 62.2 Å². The molecule has 0 saturated heterocycles. The minimum absolute atomic E-state index is 0.239. The maximum Gasteiger partial charge on any atom is 0.432 e. The lowest BCUT2D eigenvalue weighted by Crippen LogP contribution is -2.52. The van der Waals surface area contributed by atoms with Crippen LogP contribution in [0.25, 0.3) is 38.4 Å². The van der Waals surface area contributed by atoms with Gasteiger partial charge in [0.05, 0.1) is 5.56 Å². The minimum Gasteiger partial charge on any atom is -0.450 e. The molecule has 3 atom stereocenters. The number of alkyl halides is 3. The van der Waals surface area contributed by atoms with Gasteiger partial charge in [0.15, 0.2) is 12.2 Å². The van der Waals surface area contributed by atoms with E-state index in [0.29, 0.717) is 11.1 Å². The Bertz CT molecular complexity index is 2070. The predicted octanol–water partition coefficient (Wildman–Crippen LogP) is 8.52. The van der Waals surface area contributed by atoms with Gasteiger partial charge in [0.25, 0.3) is 5.60 Å². The third-order valence-electron chi connectivity index (χ3n) is 8.44. The number of hydrogen-bond acceptors (Lipinski definition) is 5. The number of esters is 2. The van der Waals surface area contributed by atoms with E-state index >= 15 is 0 Å². The molecule has 1 aliphatic rings. The number of ether oxygens (including phenoxy) is 3. The van der Waals surface area contributed by atoms with E-state index in [1.807, 2.05) is 42.5 Å². The fraction of sp³-hybridized carbons (Fsp3) is 0.135. The second kappa shape index (κ2) is 10.7. The first-order valence-electron chi connectivity index (χ1n) is 14.3. The summed E-state index contributed by atoms with van der Waals surface area (Å²) in [5.74, 6) is -2.40. The highest BCUT2D eigenvalue weighted by atomic mass is 19.4. The normalized spacial score (nSPS) is 17.7. The first-order chi connectivity index (χ1) is 21.7. The standard InChI is InChI=1S/C37H25F3O5/c1-43-36(37(38,39)40,26-13-6-3-7-14-26)35(42)45-33-29-21-25-16-15-22-11-8-12-23-17-18-28(32(25)31(22)23)27(29)19-20-30(33)44-34(41)24-9-4-2-5-10-24/h2-21,30,33H,1H3/t30-,33-,36-/m0/s1. The zero-order chi connectivity index (χ0) is 31.3. The van der Waals surface area contributed by atoms with Crippen LogP contribution in [0.2, 0.25) is 0 Å². The molecule has 6 aromatic carbocycles. The van der Waals surface area contributed by atoms with Gasteiger partial charge in [-0.25, -0.2) is 9.59 Å². The molecule has 0 fully saturated rings. The lowest BCUT2D eigenvalue weighted by atomic mass is 9.84. The van der Waals surface area contributed by atoms with Gasteiger partial charge >= 0.3 is 18.1 Å². The van der Waals surface area contributed by atoms with Crippen molar-refractivity contribution in [1.82, 2.24) is 0 Å². The molecular weight excluding hydrogens is 581 g/mol. The number of rotatable bonds is 6. The van der Waals surface area contributed by atoms with Crippen LogP contribution in [-0.4, -0.2) is 31.3 Å². The number of benzene rings is 6. The molecule has 6 aromatic rings. The molecule has 0 bridgehead atoms. The molecule has 0 aromatic heterocycles. The second-order valence-electron chi connectivity index (χ2n) is 10.9. The third-order valence-corrected chi connectivity index (χ3v) is 8.44. The fourth-order valence-corrected chi connectivity index (χ4v) is 6.33. The van der Waals surface area contributed by atoms with E-state index in [9.17, 15) is 22.8 Å². The zero-order valence-corrected chi connectivity index (χ0v) is 23.9. The molecule has 0 aliphatic heterocycles. The van der Waals surface area contributed by atoms with E-state index in [2.05, 4.69) is 0 Å². The molecule has 1 aliphatic carbocycles. The Hall–Kier alpha value is -5.21. The summed E-state index contributed by atoms with van der Waals surface area (Å²) in [5.41, 5.74) is -2.57. The summed E-state index contributed by atoms with van der Waals surface area (Å²) in [4.78, 5) is 27.0. The molecule has 0 unspecified atom stereocenters. The molecule has 45 heavy (non-hydrogen) atoms. The van der Waals surface area contributed by atoms with Crippen LogP contribution in [0.1, 0.15) is 33.2 Å². The third kappa shape index (κ3) is 4.52. The van der Waals surface area contributed by atoms with E-state index in [-0.39, 0.29) is 5.56 Å². The number of methoxy groups -OCH3 is 1. The first kappa shape index (κ1) is 28.6. The summed E-state index contributed by atoms with van der Waals surface area (Å²) in [5, 5.41) is 5.74. The summed E-state index contributed by atoms with van der Waals surface area (Å²) in [6.45, 7) is 0. The van der Waals surface area contributed by atoms with E-state index in [1.165, 1.54) is 18.2 Å². The van der Waals surface area contributed by atoms with Crippen molar-refractivity contribution in [2.75, 3.05) is 7.11 Å². The lowest BCUT2D eigenvalue weighted by molar-refractivity contribution is -0.279. The van der Waals surface area contributed by atoms with Crippen molar-refractivity contribution in [3.8, 4) is 0 Å². The molecule has 0 N–H and O–H groups in total.